The number of rotatable bonds is 2. The van der Waals surface area contributed by atoms with E-state index in [2.05, 4.69) is 14.4 Å². The number of pyridine rings is 1. The molecule has 0 spiro atoms. The molecule has 13 heavy (non-hydrogen) atoms. The molecule has 0 saturated carbocycles. The second-order valence-electron chi connectivity index (χ2n) is 2.26. The van der Waals surface area contributed by atoms with Gasteiger partial charge in [0.25, 0.3) is 10.0 Å². The van der Waals surface area contributed by atoms with Crippen LogP contribution in [-0.2, 0) is 10.0 Å². The molecule has 0 saturated heterocycles. The van der Waals surface area contributed by atoms with Crippen molar-refractivity contribution in [1.29, 1.82) is 0 Å². The summed E-state index contributed by atoms with van der Waals surface area (Å²) in [7, 11) is -3.94. The van der Waals surface area contributed by atoms with Crippen molar-refractivity contribution in [2.45, 2.75) is 11.9 Å². The zero-order valence-electron chi connectivity index (χ0n) is 6.75. The van der Waals surface area contributed by atoms with Crippen LogP contribution in [-0.4, -0.2) is 13.4 Å². The highest BCUT2D eigenvalue weighted by Crippen LogP contribution is 2.09. The molecule has 0 N–H and O–H groups in total. The van der Waals surface area contributed by atoms with Gasteiger partial charge in [-0.15, -0.1) is 0 Å². The summed E-state index contributed by atoms with van der Waals surface area (Å²) in [5, 5.41) is -0.231. The van der Waals surface area contributed by atoms with Gasteiger partial charge < -0.3 is 0 Å². The molecule has 0 unspecified atom stereocenters. The Morgan fingerprint density at radius 1 is 1.54 bits per heavy atom. The Morgan fingerprint density at radius 3 is 2.77 bits per heavy atom. The second kappa shape index (κ2) is 3.42. The van der Waals surface area contributed by atoms with Gasteiger partial charge in [-0.1, -0.05) is 6.07 Å². The van der Waals surface area contributed by atoms with Gasteiger partial charge in [-0.25, -0.2) is 13.4 Å². The first kappa shape index (κ1) is 9.50. The zero-order valence-corrected chi connectivity index (χ0v) is 7.56. The van der Waals surface area contributed by atoms with Gasteiger partial charge in [-0.2, -0.15) is 0 Å². The molecule has 0 atom stereocenters. The highest BCUT2D eigenvalue weighted by atomic mass is 32.2. The van der Waals surface area contributed by atoms with Crippen molar-refractivity contribution in [1.82, 2.24) is 4.98 Å². The molecule has 68 valence electrons. The molecular formula is C6H6N4O2S. The van der Waals surface area contributed by atoms with Crippen molar-refractivity contribution in [3.8, 4) is 0 Å². The Bertz CT molecular complexity index is 461. The fourth-order valence-corrected chi connectivity index (χ4v) is 1.44. The van der Waals surface area contributed by atoms with Crippen LogP contribution >= 0.6 is 0 Å². The van der Waals surface area contributed by atoms with Crippen LogP contribution in [0, 0.1) is 6.92 Å². The minimum absolute atomic E-state index is 0.231. The van der Waals surface area contributed by atoms with E-state index in [-0.39, 0.29) is 5.03 Å². The molecule has 0 aliphatic rings. The smallest absolute Gasteiger partial charge is 0.241 e. The van der Waals surface area contributed by atoms with Crippen LogP contribution in [0.2, 0.25) is 0 Å². The predicted molar refractivity (Wildman–Crippen MR) is 45.3 cm³/mol. The van der Waals surface area contributed by atoms with Gasteiger partial charge in [0.15, 0.2) is 5.03 Å². The Balaban J connectivity index is 3.31. The number of aromatic nitrogens is 1. The SMILES string of the molecule is Cc1cccc(S(=O)(=O)N=[N+]=[N-])n1. The molecule has 0 aliphatic carbocycles. The van der Waals surface area contributed by atoms with Crippen molar-refractivity contribution < 1.29 is 8.42 Å². The van der Waals surface area contributed by atoms with Crippen molar-refractivity contribution >= 4 is 10.0 Å². The van der Waals surface area contributed by atoms with Gasteiger partial charge in [0.05, 0.1) is 0 Å². The minimum atomic E-state index is -3.94. The van der Waals surface area contributed by atoms with Gasteiger partial charge in [-0.3, -0.25) is 0 Å². The lowest BCUT2D eigenvalue weighted by atomic mass is 10.4. The van der Waals surface area contributed by atoms with Crippen LogP contribution in [0.5, 0.6) is 0 Å². The van der Waals surface area contributed by atoms with E-state index < -0.39 is 10.0 Å². The summed E-state index contributed by atoms with van der Waals surface area (Å²) in [6, 6.07) is 4.45. The summed E-state index contributed by atoms with van der Waals surface area (Å²) in [4.78, 5) is 5.92. The standard InChI is InChI=1S/C6H6N4O2S/c1-5-3-2-4-6(8-5)13(11,12)10-9-7/h2-4H,1H3. The van der Waals surface area contributed by atoms with Crippen molar-refractivity contribution in [2.75, 3.05) is 0 Å². The zero-order chi connectivity index (χ0) is 9.90. The van der Waals surface area contributed by atoms with Crippen LogP contribution in [0.25, 0.3) is 10.4 Å². The van der Waals surface area contributed by atoms with E-state index >= 15 is 0 Å². The Morgan fingerprint density at radius 2 is 2.23 bits per heavy atom. The third-order valence-corrected chi connectivity index (χ3v) is 2.32. The van der Waals surface area contributed by atoms with E-state index in [4.69, 9.17) is 5.53 Å². The summed E-state index contributed by atoms with van der Waals surface area (Å²) in [6.07, 6.45) is 0. The monoisotopic (exact) mass is 198 g/mol. The minimum Gasteiger partial charge on any atom is -0.241 e. The number of hydrogen-bond donors (Lipinski definition) is 0. The van der Waals surface area contributed by atoms with Gasteiger partial charge in [0.2, 0.25) is 0 Å². The van der Waals surface area contributed by atoms with Crippen LogP contribution in [0.4, 0.5) is 0 Å². The normalized spacial score (nSPS) is 10.5. The first-order valence-electron chi connectivity index (χ1n) is 3.31. The van der Waals surface area contributed by atoms with Crippen LogP contribution < -0.4 is 0 Å². The topological polar surface area (TPSA) is 95.8 Å². The van der Waals surface area contributed by atoms with E-state index in [1.807, 2.05) is 0 Å². The average molecular weight is 198 g/mol. The molecule has 1 rings (SSSR count). The fourth-order valence-electron chi connectivity index (χ4n) is 0.752. The summed E-state index contributed by atoms with van der Waals surface area (Å²) >= 11 is 0. The third-order valence-electron chi connectivity index (χ3n) is 1.27. The van der Waals surface area contributed by atoms with Crippen LogP contribution in [0.3, 0.4) is 0 Å². The Kier molecular flexibility index (Phi) is 2.50. The first-order valence-corrected chi connectivity index (χ1v) is 4.75. The van der Waals surface area contributed by atoms with Crippen molar-refractivity contribution in [3.05, 3.63) is 34.3 Å². The molecule has 0 radical (unpaired) electrons. The number of hydrogen-bond acceptors (Lipinski definition) is 3. The maximum absolute atomic E-state index is 11.1. The number of azide groups is 1. The molecule has 1 aromatic rings. The molecule has 0 amide bonds. The molecular weight excluding hydrogens is 192 g/mol. The summed E-state index contributed by atoms with van der Waals surface area (Å²) < 4.78 is 24.9. The lowest BCUT2D eigenvalue weighted by molar-refractivity contribution is 0.593. The largest absolute Gasteiger partial charge is 0.281 e. The molecule has 1 heterocycles. The van der Waals surface area contributed by atoms with Crippen LogP contribution in [0.15, 0.2) is 27.7 Å². The van der Waals surface area contributed by atoms with Gasteiger partial charge in [0.1, 0.15) is 0 Å². The molecule has 6 nitrogen and oxygen atoms in total. The third kappa shape index (κ3) is 2.17. The summed E-state index contributed by atoms with van der Waals surface area (Å²) in [5.74, 6) is 0. The Labute approximate surface area is 74.9 Å². The molecule has 0 fully saturated rings. The molecule has 7 heteroatoms. The maximum atomic E-state index is 11.1. The highest BCUT2D eigenvalue weighted by Gasteiger charge is 2.12. The van der Waals surface area contributed by atoms with Crippen LogP contribution in [0.1, 0.15) is 5.69 Å². The van der Waals surface area contributed by atoms with Gasteiger partial charge in [0, 0.05) is 15.1 Å². The quantitative estimate of drug-likeness (QED) is 0.408. The Hall–Kier alpha value is -1.59. The van der Waals surface area contributed by atoms with Crippen molar-refractivity contribution in [2.24, 2.45) is 4.52 Å². The predicted octanol–water partition coefficient (Wildman–Crippen LogP) is 1.39. The number of aryl methyl sites for hydroxylation is 1. The lowest BCUT2D eigenvalue weighted by Gasteiger charge is -1.96. The first-order chi connectivity index (χ1) is 6.06. The van der Waals surface area contributed by atoms with Gasteiger partial charge >= 0.3 is 0 Å². The molecule has 0 bridgehead atoms. The number of nitrogens with zero attached hydrogens (tertiary/aromatic N) is 4. The summed E-state index contributed by atoms with van der Waals surface area (Å²) in [5.41, 5.74) is 8.53. The lowest BCUT2D eigenvalue weighted by Crippen LogP contribution is -1.99. The van der Waals surface area contributed by atoms with E-state index in [0.29, 0.717) is 5.69 Å². The fraction of sp³-hybridized carbons (Fsp3) is 0.167. The van der Waals surface area contributed by atoms with E-state index in [1.54, 1.807) is 13.0 Å². The number of sulfonamides is 1. The van der Waals surface area contributed by atoms with E-state index in [0.717, 1.165) is 0 Å². The van der Waals surface area contributed by atoms with E-state index in [1.165, 1.54) is 12.1 Å². The average Bonchev–Trinajstić information content (AvgIpc) is 2.04. The van der Waals surface area contributed by atoms with Gasteiger partial charge in [-0.05, 0) is 24.6 Å². The summed E-state index contributed by atoms with van der Waals surface area (Å²) in [6.45, 7) is 1.65. The maximum Gasteiger partial charge on any atom is 0.281 e. The molecule has 0 aromatic carbocycles. The molecule has 0 aliphatic heterocycles. The highest BCUT2D eigenvalue weighted by molar-refractivity contribution is 7.89. The van der Waals surface area contributed by atoms with E-state index in [9.17, 15) is 8.42 Å². The molecule has 1 aromatic heterocycles. The second-order valence-corrected chi connectivity index (χ2v) is 3.80. The van der Waals surface area contributed by atoms with Crippen molar-refractivity contribution in [3.63, 3.8) is 0 Å².